The van der Waals surface area contributed by atoms with Gasteiger partial charge in [0.25, 0.3) is 0 Å². The first-order valence-electron chi connectivity index (χ1n) is 14.4. The molecule has 0 saturated carbocycles. The predicted molar refractivity (Wildman–Crippen MR) is 161 cm³/mol. The van der Waals surface area contributed by atoms with Crippen LogP contribution in [-0.2, 0) is 26.2 Å². The van der Waals surface area contributed by atoms with Gasteiger partial charge in [0, 0.05) is 26.1 Å². The molecule has 2 unspecified atom stereocenters. The molecule has 40 heavy (non-hydrogen) atoms. The number of likely N-dealkylation sites (tertiary alicyclic amines) is 1. The number of carbonyl (C=O) groups is 3. The largest absolute Gasteiger partial charge is 0.356 e. The number of amides is 3. The van der Waals surface area contributed by atoms with Crippen molar-refractivity contribution in [1.82, 2.24) is 15.5 Å². The number of piperidine rings is 1. The number of halogens is 1. The Balaban J connectivity index is 0.00000441. The molecule has 0 radical (unpaired) electrons. The van der Waals surface area contributed by atoms with Crippen molar-refractivity contribution in [3.63, 3.8) is 0 Å². The van der Waals surface area contributed by atoms with Crippen molar-refractivity contribution in [3.8, 4) is 0 Å². The zero-order valence-electron chi connectivity index (χ0n) is 24.1. The molecular weight excluding hydrogens is 524 g/mol. The summed E-state index contributed by atoms with van der Waals surface area (Å²) in [5.74, 6) is -0.0432. The zero-order valence-corrected chi connectivity index (χ0v) is 24.9. The van der Waals surface area contributed by atoms with Gasteiger partial charge in [-0.3, -0.25) is 14.4 Å². The number of nitrogens with two attached hydrogens (primary N) is 1. The molecule has 0 aromatic heterocycles. The van der Waals surface area contributed by atoms with Crippen LogP contribution in [0.4, 0.5) is 0 Å². The number of hydrogen-bond donors (Lipinski definition) is 3. The van der Waals surface area contributed by atoms with Gasteiger partial charge in [-0.15, -0.1) is 12.4 Å². The first-order valence-corrected chi connectivity index (χ1v) is 14.4. The molecule has 2 aromatic carbocycles. The molecule has 2 aliphatic rings. The Morgan fingerprint density at radius 3 is 2.35 bits per heavy atom. The van der Waals surface area contributed by atoms with Gasteiger partial charge in [-0.25, -0.2) is 0 Å². The normalized spacial score (nSPS) is 18.4. The molecule has 2 aromatic rings. The maximum atomic E-state index is 13.8. The smallest absolute Gasteiger partial charge is 0.245 e. The Hall–Kier alpha value is -2.90. The molecule has 218 valence electrons. The van der Waals surface area contributed by atoms with Crippen LogP contribution < -0.4 is 16.4 Å². The molecule has 2 atom stereocenters. The Morgan fingerprint density at radius 2 is 1.70 bits per heavy atom. The van der Waals surface area contributed by atoms with Crippen molar-refractivity contribution in [2.24, 2.45) is 5.73 Å². The molecule has 8 heteroatoms. The third kappa shape index (κ3) is 7.43. The number of hydrogen-bond acceptors (Lipinski definition) is 4. The van der Waals surface area contributed by atoms with E-state index in [2.05, 4.69) is 47.0 Å². The van der Waals surface area contributed by atoms with Crippen molar-refractivity contribution < 1.29 is 14.4 Å². The Morgan fingerprint density at radius 1 is 1.05 bits per heavy atom. The highest BCUT2D eigenvalue weighted by Gasteiger charge is 2.46. The SMILES string of the molecule is CCNC(=O)CC1CC2(CCN(C(=O)C(CCCc3ccccc3)NC(=O)C(C)(C)N)CC2)c2ccccc21.Cl. The van der Waals surface area contributed by atoms with E-state index in [1.54, 1.807) is 13.8 Å². The van der Waals surface area contributed by atoms with Gasteiger partial charge in [0.05, 0.1) is 5.54 Å². The lowest BCUT2D eigenvalue weighted by Gasteiger charge is -2.41. The van der Waals surface area contributed by atoms with Crippen LogP contribution in [0, 0.1) is 0 Å². The van der Waals surface area contributed by atoms with E-state index in [1.165, 1.54) is 16.7 Å². The standard InChI is InChI=1S/C32H44N4O3.ClH/c1-4-34-28(37)21-24-22-32(26-15-9-8-14-25(24)26)17-19-36(20-18-32)29(38)27(35-30(39)31(2,3)33)16-10-13-23-11-6-5-7-12-23;/h5-9,11-12,14-15,24,27H,4,10,13,16-22,33H2,1-3H3,(H,34,37)(H,35,39);1H. The second-order valence-corrected chi connectivity index (χ2v) is 11.9. The lowest BCUT2D eigenvalue weighted by molar-refractivity contribution is -0.139. The molecule has 1 aliphatic carbocycles. The summed E-state index contributed by atoms with van der Waals surface area (Å²) in [7, 11) is 0. The van der Waals surface area contributed by atoms with Crippen molar-refractivity contribution in [2.75, 3.05) is 19.6 Å². The molecular formula is C32H45ClN4O3. The summed E-state index contributed by atoms with van der Waals surface area (Å²) in [5.41, 5.74) is 8.81. The third-order valence-corrected chi connectivity index (χ3v) is 8.44. The van der Waals surface area contributed by atoms with Crippen molar-refractivity contribution in [1.29, 1.82) is 0 Å². The fourth-order valence-corrected chi connectivity index (χ4v) is 6.31. The molecule has 1 saturated heterocycles. The van der Waals surface area contributed by atoms with Gasteiger partial charge in [0.1, 0.15) is 6.04 Å². The average molecular weight is 569 g/mol. The quantitative estimate of drug-likeness (QED) is 0.399. The summed E-state index contributed by atoms with van der Waals surface area (Å²) in [5, 5.41) is 5.90. The Labute approximate surface area is 245 Å². The van der Waals surface area contributed by atoms with Crippen molar-refractivity contribution in [2.45, 2.75) is 88.6 Å². The van der Waals surface area contributed by atoms with Crippen LogP contribution in [0.5, 0.6) is 0 Å². The monoisotopic (exact) mass is 568 g/mol. The average Bonchev–Trinajstić information content (AvgIpc) is 3.20. The molecule has 4 N–H and O–H groups in total. The van der Waals surface area contributed by atoms with Crippen LogP contribution >= 0.6 is 12.4 Å². The van der Waals surface area contributed by atoms with E-state index in [9.17, 15) is 14.4 Å². The molecule has 0 bridgehead atoms. The van der Waals surface area contributed by atoms with Crippen LogP contribution in [0.1, 0.15) is 81.9 Å². The number of nitrogens with zero attached hydrogens (tertiary/aromatic N) is 1. The summed E-state index contributed by atoms with van der Waals surface area (Å²) < 4.78 is 0. The maximum absolute atomic E-state index is 13.8. The van der Waals surface area contributed by atoms with Gasteiger partial charge in [-0.2, -0.15) is 0 Å². The van der Waals surface area contributed by atoms with Gasteiger partial charge in [0.2, 0.25) is 17.7 Å². The first-order chi connectivity index (χ1) is 18.6. The van der Waals surface area contributed by atoms with E-state index >= 15 is 0 Å². The van der Waals surface area contributed by atoms with E-state index in [0.717, 1.165) is 32.1 Å². The van der Waals surface area contributed by atoms with Crippen LogP contribution in [-0.4, -0.2) is 53.8 Å². The highest BCUT2D eigenvalue weighted by molar-refractivity contribution is 5.91. The second-order valence-electron chi connectivity index (χ2n) is 11.9. The number of fused-ring (bicyclic) bond motifs is 2. The Bertz CT molecular complexity index is 1160. The summed E-state index contributed by atoms with van der Waals surface area (Å²) in [6, 6.07) is 18.1. The number of nitrogens with one attached hydrogen (secondary N) is 2. The van der Waals surface area contributed by atoms with Gasteiger partial charge in [0.15, 0.2) is 0 Å². The maximum Gasteiger partial charge on any atom is 0.245 e. The number of carbonyl (C=O) groups excluding carboxylic acids is 3. The predicted octanol–water partition coefficient (Wildman–Crippen LogP) is 4.23. The van der Waals surface area contributed by atoms with Gasteiger partial charge >= 0.3 is 0 Å². The lowest BCUT2D eigenvalue weighted by Crippen LogP contribution is -2.57. The molecule has 1 aliphatic heterocycles. The second kappa shape index (κ2) is 13.6. The van der Waals surface area contributed by atoms with E-state index < -0.39 is 11.6 Å². The van der Waals surface area contributed by atoms with Crippen LogP contribution in [0.2, 0.25) is 0 Å². The van der Waals surface area contributed by atoms with E-state index in [1.807, 2.05) is 30.0 Å². The van der Waals surface area contributed by atoms with E-state index in [4.69, 9.17) is 5.73 Å². The van der Waals surface area contributed by atoms with Crippen molar-refractivity contribution in [3.05, 3.63) is 71.3 Å². The summed E-state index contributed by atoms with van der Waals surface area (Å²) >= 11 is 0. The molecule has 7 nitrogen and oxygen atoms in total. The van der Waals surface area contributed by atoms with Crippen LogP contribution in [0.15, 0.2) is 54.6 Å². The topological polar surface area (TPSA) is 105 Å². The van der Waals surface area contributed by atoms with E-state index in [0.29, 0.717) is 32.5 Å². The van der Waals surface area contributed by atoms with Gasteiger partial charge < -0.3 is 21.3 Å². The highest BCUT2D eigenvalue weighted by Crippen LogP contribution is 2.52. The zero-order chi connectivity index (χ0) is 28.0. The summed E-state index contributed by atoms with van der Waals surface area (Å²) in [6.45, 7) is 7.18. The Kier molecular flexibility index (Phi) is 10.8. The molecule has 1 heterocycles. The minimum absolute atomic E-state index is 0. The molecule has 1 fully saturated rings. The summed E-state index contributed by atoms with van der Waals surface area (Å²) in [4.78, 5) is 40.9. The summed E-state index contributed by atoms with van der Waals surface area (Å²) in [6.07, 6.45) is 5.35. The molecule has 3 amide bonds. The van der Waals surface area contributed by atoms with Crippen molar-refractivity contribution >= 4 is 30.1 Å². The van der Waals surface area contributed by atoms with Crippen LogP contribution in [0.25, 0.3) is 0 Å². The third-order valence-electron chi connectivity index (χ3n) is 8.44. The molecule has 1 spiro atoms. The number of rotatable bonds is 10. The fourth-order valence-electron chi connectivity index (χ4n) is 6.31. The minimum atomic E-state index is -1.06. The number of aryl methyl sites for hydroxylation is 1. The minimum Gasteiger partial charge on any atom is -0.356 e. The molecule has 4 rings (SSSR count). The lowest BCUT2D eigenvalue weighted by atomic mass is 9.73. The van der Waals surface area contributed by atoms with Crippen LogP contribution in [0.3, 0.4) is 0 Å². The van der Waals surface area contributed by atoms with Gasteiger partial charge in [-0.05, 0) is 87.3 Å². The highest BCUT2D eigenvalue weighted by atomic mass is 35.5. The van der Waals surface area contributed by atoms with Gasteiger partial charge in [-0.1, -0.05) is 54.6 Å². The number of benzene rings is 2. The first kappa shape index (κ1) is 31.6. The van der Waals surface area contributed by atoms with E-state index in [-0.39, 0.29) is 41.5 Å². The fraction of sp³-hybridized carbons (Fsp3) is 0.531.